The monoisotopic (exact) mass is 296 g/mol. The molecule has 0 bridgehead atoms. The molecule has 0 aromatic heterocycles. The number of nitrogens with two attached hydrogens (primary N) is 2. The van der Waals surface area contributed by atoms with E-state index in [1.807, 2.05) is 0 Å². The van der Waals surface area contributed by atoms with Gasteiger partial charge in [-0.2, -0.15) is 0 Å². The van der Waals surface area contributed by atoms with Crippen molar-refractivity contribution in [2.45, 2.75) is 0 Å². The van der Waals surface area contributed by atoms with E-state index in [1.54, 1.807) is 24.3 Å². The molecule has 21 heavy (non-hydrogen) atoms. The van der Waals surface area contributed by atoms with Gasteiger partial charge in [0.15, 0.2) is 0 Å². The van der Waals surface area contributed by atoms with E-state index in [0.29, 0.717) is 0 Å². The first-order valence-electron chi connectivity index (χ1n) is 5.55. The van der Waals surface area contributed by atoms with E-state index in [9.17, 15) is 19.8 Å². The van der Waals surface area contributed by atoms with Crippen LogP contribution in [0.1, 0.15) is 20.7 Å². The standard InChI is InChI=1S/2C7H7NO2.Mg/c2*8-6-4-2-1-3-5(6)7(9)10;/h2*1-4H,8H2,(H,9,10);/q;;+2/p-2. The Morgan fingerprint density at radius 1 is 0.714 bits per heavy atom. The summed E-state index contributed by atoms with van der Waals surface area (Å²) in [5.41, 5.74) is 11.2. The maximum Gasteiger partial charge on any atom is 2.00 e. The molecule has 2 aromatic carbocycles. The number of hydrogen-bond acceptors (Lipinski definition) is 6. The van der Waals surface area contributed by atoms with Crippen LogP contribution in [0.4, 0.5) is 11.4 Å². The smallest absolute Gasteiger partial charge is 0.545 e. The number of rotatable bonds is 2. The van der Waals surface area contributed by atoms with Crippen LogP contribution in [0.15, 0.2) is 48.5 Å². The van der Waals surface area contributed by atoms with Gasteiger partial charge in [0.05, 0.1) is 11.9 Å². The van der Waals surface area contributed by atoms with Crippen LogP contribution in [0.25, 0.3) is 0 Å². The van der Waals surface area contributed by atoms with E-state index in [0.717, 1.165) is 0 Å². The van der Waals surface area contributed by atoms with Gasteiger partial charge < -0.3 is 31.3 Å². The van der Waals surface area contributed by atoms with Crippen molar-refractivity contribution < 1.29 is 19.8 Å². The van der Waals surface area contributed by atoms with Crippen molar-refractivity contribution in [3.63, 3.8) is 0 Å². The maximum atomic E-state index is 10.2. The predicted molar refractivity (Wildman–Crippen MR) is 76.1 cm³/mol. The van der Waals surface area contributed by atoms with Crippen LogP contribution in [-0.4, -0.2) is 35.0 Å². The minimum Gasteiger partial charge on any atom is -0.545 e. The Hall–Kier alpha value is -2.25. The summed E-state index contributed by atoms with van der Waals surface area (Å²) in [6.07, 6.45) is 0. The molecule has 0 fully saturated rings. The van der Waals surface area contributed by atoms with Crippen LogP contribution in [0.5, 0.6) is 0 Å². The number of benzene rings is 2. The zero-order valence-electron chi connectivity index (χ0n) is 11.1. The van der Waals surface area contributed by atoms with Crippen molar-refractivity contribution in [1.29, 1.82) is 0 Å². The minimum absolute atomic E-state index is 0. The molecule has 0 spiro atoms. The Morgan fingerprint density at radius 3 is 1.19 bits per heavy atom. The van der Waals surface area contributed by atoms with E-state index in [-0.39, 0.29) is 45.6 Å². The molecule has 0 radical (unpaired) electrons. The molecule has 0 atom stereocenters. The summed E-state index contributed by atoms with van der Waals surface area (Å²) in [5.74, 6) is -2.48. The Labute approximate surface area is 137 Å². The number of carbonyl (C=O) groups is 2. The fourth-order valence-electron chi connectivity index (χ4n) is 1.37. The predicted octanol–water partition coefficient (Wildman–Crippen LogP) is -1.12. The number of hydrogen-bond donors (Lipinski definition) is 2. The van der Waals surface area contributed by atoms with Gasteiger partial charge in [-0.25, -0.2) is 0 Å². The topological polar surface area (TPSA) is 132 Å². The van der Waals surface area contributed by atoms with Crippen molar-refractivity contribution >= 4 is 46.4 Å². The second-order valence-corrected chi connectivity index (χ2v) is 3.75. The molecule has 6 nitrogen and oxygen atoms in total. The summed E-state index contributed by atoms with van der Waals surface area (Å²) in [5, 5.41) is 20.5. The van der Waals surface area contributed by atoms with Crippen LogP contribution in [-0.2, 0) is 0 Å². The Kier molecular flexibility index (Phi) is 7.88. The van der Waals surface area contributed by atoms with Crippen molar-refractivity contribution in [2.24, 2.45) is 0 Å². The van der Waals surface area contributed by atoms with Gasteiger partial charge in [-0.15, -0.1) is 0 Å². The minimum atomic E-state index is -1.24. The third kappa shape index (κ3) is 5.72. The first-order chi connectivity index (χ1) is 9.43. The summed E-state index contributed by atoms with van der Waals surface area (Å²) in [4.78, 5) is 20.5. The van der Waals surface area contributed by atoms with Gasteiger partial charge in [-0.1, -0.05) is 36.4 Å². The van der Waals surface area contributed by atoms with Gasteiger partial charge in [0.25, 0.3) is 0 Å². The van der Waals surface area contributed by atoms with Crippen LogP contribution >= 0.6 is 0 Å². The number of anilines is 2. The SMILES string of the molecule is Nc1ccccc1C(=O)[O-].Nc1ccccc1C(=O)[O-].[Mg+2]. The normalized spacial score (nSPS) is 8.76. The third-order valence-electron chi connectivity index (χ3n) is 2.36. The van der Waals surface area contributed by atoms with E-state index < -0.39 is 11.9 Å². The third-order valence-corrected chi connectivity index (χ3v) is 2.36. The van der Waals surface area contributed by atoms with Gasteiger partial charge in [-0.05, 0) is 12.1 Å². The molecular formula is C14H12MgN2O4. The zero-order valence-corrected chi connectivity index (χ0v) is 12.5. The number of aromatic carboxylic acids is 2. The quantitative estimate of drug-likeness (QED) is 0.533. The Bertz CT molecular complexity index is 576. The second kappa shape index (κ2) is 8.83. The van der Waals surface area contributed by atoms with E-state index in [4.69, 9.17) is 11.5 Å². The molecule has 0 saturated heterocycles. The first-order valence-corrected chi connectivity index (χ1v) is 5.55. The van der Waals surface area contributed by atoms with Crippen molar-refractivity contribution in [1.82, 2.24) is 0 Å². The number of nitrogen functional groups attached to an aromatic ring is 2. The largest absolute Gasteiger partial charge is 2.00 e. The van der Waals surface area contributed by atoms with Crippen LogP contribution < -0.4 is 21.7 Å². The van der Waals surface area contributed by atoms with E-state index in [2.05, 4.69) is 0 Å². The molecular weight excluding hydrogens is 284 g/mol. The molecule has 0 aliphatic rings. The molecule has 0 heterocycles. The van der Waals surface area contributed by atoms with Gasteiger partial charge in [0.2, 0.25) is 0 Å². The summed E-state index contributed by atoms with van der Waals surface area (Å²) in [6, 6.07) is 12.4. The Morgan fingerprint density at radius 2 is 1.00 bits per heavy atom. The molecule has 104 valence electrons. The van der Waals surface area contributed by atoms with Crippen LogP contribution in [0.3, 0.4) is 0 Å². The molecule has 4 N–H and O–H groups in total. The zero-order chi connectivity index (χ0) is 15.1. The molecule has 2 rings (SSSR count). The van der Waals surface area contributed by atoms with Gasteiger partial charge in [0, 0.05) is 22.5 Å². The number of carboxylic acids is 2. The summed E-state index contributed by atoms with van der Waals surface area (Å²) < 4.78 is 0. The molecule has 0 amide bonds. The maximum absolute atomic E-state index is 10.2. The molecule has 7 heteroatoms. The van der Waals surface area contributed by atoms with Crippen LogP contribution in [0, 0.1) is 0 Å². The second-order valence-electron chi connectivity index (χ2n) is 3.75. The number of para-hydroxylation sites is 2. The molecule has 0 saturated carbocycles. The van der Waals surface area contributed by atoms with Crippen molar-refractivity contribution in [3.05, 3.63) is 59.7 Å². The first kappa shape index (κ1) is 18.7. The number of carboxylic acid groups (broad SMARTS) is 2. The Balaban J connectivity index is 0.000000364. The molecule has 0 aliphatic carbocycles. The fourth-order valence-corrected chi connectivity index (χ4v) is 1.37. The van der Waals surface area contributed by atoms with Gasteiger partial charge in [-0.3, -0.25) is 0 Å². The van der Waals surface area contributed by atoms with E-state index in [1.165, 1.54) is 24.3 Å². The van der Waals surface area contributed by atoms with Crippen molar-refractivity contribution in [3.8, 4) is 0 Å². The average Bonchev–Trinajstić information content (AvgIpc) is 2.40. The average molecular weight is 297 g/mol. The molecule has 0 unspecified atom stereocenters. The molecule has 2 aromatic rings. The summed E-state index contributed by atoms with van der Waals surface area (Å²) in [7, 11) is 0. The van der Waals surface area contributed by atoms with Crippen LogP contribution in [0.2, 0.25) is 0 Å². The fraction of sp³-hybridized carbons (Fsp3) is 0. The number of carbonyl (C=O) groups excluding carboxylic acids is 2. The van der Waals surface area contributed by atoms with Crippen molar-refractivity contribution in [2.75, 3.05) is 11.5 Å². The van der Waals surface area contributed by atoms with E-state index >= 15 is 0 Å². The summed E-state index contributed by atoms with van der Waals surface area (Å²) >= 11 is 0. The molecule has 0 aliphatic heterocycles. The summed E-state index contributed by atoms with van der Waals surface area (Å²) in [6.45, 7) is 0. The van der Waals surface area contributed by atoms with Gasteiger partial charge in [0.1, 0.15) is 0 Å². The van der Waals surface area contributed by atoms with Gasteiger partial charge >= 0.3 is 23.1 Å².